The number of aryl methyl sites for hydroxylation is 8. The highest BCUT2D eigenvalue weighted by molar-refractivity contribution is 7.92. The predicted octanol–water partition coefficient (Wildman–Crippen LogP) is 10.0. The van der Waals surface area contributed by atoms with Crippen LogP contribution in [0.2, 0.25) is 0 Å². The van der Waals surface area contributed by atoms with Crippen LogP contribution in [0.3, 0.4) is 0 Å². The molecule has 0 spiro atoms. The Hall–Kier alpha value is -12.3. The van der Waals surface area contributed by atoms with Crippen molar-refractivity contribution in [2.75, 3.05) is 28.8 Å². The normalized spacial score (nSPS) is 12.3. The van der Waals surface area contributed by atoms with E-state index >= 15 is 0 Å². The number of thiazole rings is 1. The molecule has 14 aromatic heterocycles. The number of halogens is 5. The van der Waals surface area contributed by atoms with Crippen LogP contribution < -0.4 is 23.7 Å². The van der Waals surface area contributed by atoms with Crippen LogP contribution >= 0.6 is 11.3 Å². The molecule has 0 atom stereocenters. The average Bonchev–Trinajstić information content (AvgIpc) is 1.70. The van der Waals surface area contributed by atoms with E-state index in [4.69, 9.17) is 0 Å². The highest BCUT2D eigenvalue weighted by Crippen LogP contribution is 2.38. The summed E-state index contributed by atoms with van der Waals surface area (Å²) < 4.78 is 199. The third kappa shape index (κ3) is 18.1. The highest BCUT2D eigenvalue weighted by atomic mass is 32.2. The molecule has 15 rings (SSSR count). The number of sulfone groups is 5. The number of fused-ring (bicyclic) bond motifs is 5. The van der Waals surface area contributed by atoms with Gasteiger partial charge in [-0.1, -0.05) is 40.7 Å². The molecule has 121 heavy (non-hydrogen) atoms. The van der Waals surface area contributed by atoms with Crippen molar-refractivity contribution >= 4 is 115 Å². The quantitative estimate of drug-likeness (QED) is 0.0493. The zero-order chi connectivity index (χ0) is 88.9. The van der Waals surface area contributed by atoms with Gasteiger partial charge in [-0.25, -0.2) is 99.4 Å². The Morgan fingerprint density at radius 2 is 0.810 bits per heavy atom. The Balaban J connectivity index is 0.000000148. The smallest absolute Gasteiger partial charge is 0.417 e. The Morgan fingerprint density at radius 1 is 0.397 bits per heavy atom. The SMILES string of the molecule is CCS(=O)(=O)c1cc(C(F)(F)F)cnc1-c1nc2cc(C)c[n+]([O-])c2n1C.CCS(=O)(=O)c1ccc[n+]([O-])c1-c1nc2cc(C(C)(F)F)ccc2n1C.CCS(=O)(=O)c1ccc[n+]([O-])c1-c1nc2cc(C)cnc2n1C.CCS(=O)(=O)c1cccnc1-c1nc2cc(C)c[n+]([O-])c2n1C.CCS(=O)(=O)c1cccnc1-c1nc2cc(C)c[n+]([O-])c2s1. The minimum atomic E-state index is -4.74. The van der Waals surface area contributed by atoms with Gasteiger partial charge in [0.25, 0.3) is 17.3 Å². The van der Waals surface area contributed by atoms with E-state index in [1.165, 1.54) is 128 Å². The Morgan fingerprint density at radius 3 is 1.30 bits per heavy atom. The van der Waals surface area contributed by atoms with Crippen molar-refractivity contribution in [1.29, 1.82) is 0 Å². The second-order valence-electron chi connectivity index (χ2n) is 27.5. The highest BCUT2D eigenvalue weighted by Gasteiger charge is 2.37. The number of aromatic nitrogens is 18. The van der Waals surface area contributed by atoms with Crippen LogP contribution in [0.15, 0.2) is 177 Å². The number of nitrogens with zero attached hydrogens (tertiary/aromatic N) is 18. The summed E-state index contributed by atoms with van der Waals surface area (Å²) in [6, 6.07) is 23.3. The number of imidazole rings is 4. The van der Waals surface area contributed by atoms with Gasteiger partial charge in [-0.15, -0.1) is 0 Å². The van der Waals surface area contributed by atoms with Gasteiger partial charge in [0.1, 0.15) is 42.9 Å². The molecule has 14 heterocycles. The maximum atomic E-state index is 13.6. The van der Waals surface area contributed by atoms with E-state index in [-0.39, 0.29) is 105 Å². The topological polar surface area (TPSA) is 441 Å². The van der Waals surface area contributed by atoms with Crippen molar-refractivity contribution in [2.24, 2.45) is 28.2 Å². The van der Waals surface area contributed by atoms with Crippen LogP contribution in [0.4, 0.5) is 22.0 Å². The van der Waals surface area contributed by atoms with Gasteiger partial charge in [0.2, 0.25) is 23.3 Å². The number of hydrogen-bond donors (Lipinski definition) is 0. The van der Waals surface area contributed by atoms with Gasteiger partial charge in [0.05, 0.1) is 86.5 Å². The molecule has 0 amide bonds. The van der Waals surface area contributed by atoms with Gasteiger partial charge in [-0.05, 0) is 135 Å². The summed E-state index contributed by atoms with van der Waals surface area (Å²) >= 11 is 1.14. The molecule has 44 heteroatoms. The predicted molar refractivity (Wildman–Crippen MR) is 438 cm³/mol. The molecule has 0 aliphatic heterocycles. The van der Waals surface area contributed by atoms with Crippen LogP contribution in [0.1, 0.15) is 74.9 Å². The lowest BCUT2D eigenvalue weighted by Gasteiger charge is -2.11. The van der Waals surface area contributed by atoms with Crippen LogP contribution in [-0.4, -0.2) is 134 Å². The first-order valence-electron chi connectivity index (χ1n) is 36.5. The molecule has 0 radical (unpaired) electrons. The molecule has 0 aliphatic rings. The minimum absolute atomic E-state index is 0.0130. The summed E-state index contributed by atoms with van der Waals surface area (Å²) in [5.74, 6) is -3.05. The van der Waals surface area contributed by atoms with Crippen LogP contribution in [0.5, 0.6) is 0 Å². The Labute approximate surface area is 693 Å². The lowest BCUT2D eigenvalue weighted by molar-refractivity contribution is -0.596. The fourth-order valence-corrected chi connectivity index (χ4v) is 18.9. The Kier molecular flexibility index (Phi) is 25.2. The van der Waals surface area contributed by atoms with E-state index < -0.39 is 77.5 Å². The molecule has 0 unspecified atom stereocenters. The maximum Gasteiger partial charge on any atom is 0.417 e. The van der Waals surface area contributed by atoms with Gasteiger partial charge in [0.15, 0.2) is 84.5 Å². The molecule has 0 aliphatic carbocycles. The van der Waals surface area contributed by atoms with Gasteiger partial charge in [0, 0.05) is 69.1 Å². The molecular weight excluding hydrogens is 1700 g/mol. The summed E-state index contributed by atoms with van der Waals surface area (Å²) in [6.45, 7) is 15.5. The molecule has 0 saturated heterocycles. The molecule has 0 fully saturated rings. The van der Waals surface area contributed by atoms with Crippen LogP contribution in [-0.2, 0) is 89.5 Å². The van der Waals surface area contributed by atoms with E-state index in [9.17, 15) is 90.1 Å². The number of benzene rings is 1. The van der Waals surface area contributed by atoms with Gasteiger partial charge in [-0.2, -0.15) is 37.3 Å². The van der Waals surface area contributed by atoms with Gasteiger partial charge < -0.3 is 35.2 Å². The fourth-order valence-electron chi connectivity index (χ4n) is 12.7. The van der Waals surface area contributed by atoms with E-state index in [0.717, 1.165) is 44.4 Å². The van der Waals surface area contributed by atoms with E-state index in [2.05, 4.69) is 44.9 Å². The number of alkyl halides is 5. The van der Waals surface area contributed by atoms with E-state index in [0.29, 0.717) is 86.7 Å². The van der Waals surface area contributed by atoms with Crippen molar-refractivity contribution in [3.63, 3.8) is 0 Å². The summed E-state index contributed by atoms with van der Waals surface area (Å²) in [4.78, 5) is 38.1. The molecule has 0 N–H and O–H groups in total. The molecule has 0 bridgehead atoms. The molecule has 33 nitrogen and oxygen atoms in total. The standard InChI is InChI=1S/C17H17F2N3O3S.C16H15F3N4O3S.2C15H16N4O3S.C14H13N3O3S2/c1-4-26(24,25)14-6-5-9-22(23)15(14)16-20-12-10-11(17(2,18)19)7-8-13(12)21(16)3;1-4-27(25,26)12-6-10(16(17,18)19)7-20-13(12)14-21-11-5-9(2)8-23(24)15(11)22(14)3;1-4-23(21,22)12-6-5-7-16-13(12)14-17-11-8-10(2)9-19(20)15(11)18(14)3;1-4-23(21,22)12-6-5-7-19(20)13(12)15-17-11-8-10(2)9-16-14(11)18(15)3;1-3-22(19,20)11-5-4-6-15-12(11)13-16-10-7-9(2)8-17(18)14(10)21-13/h5-10H,4H2,1-3H3;5-8H,4H2,1-3H3;2*5-9H,4H2,1-3H3;4-8H,3H2,1-2H3. The third-order valence-electron chi connectivity index (χ3n) is 18.9. The lowest BCUT2D eigenvalue weighted by atomic mass is 10.1. The number of hydrogen-bond acceptors (Lipinski definition) is 25. The van der Waals surface area contributed by atoms with E-state index in [1.54, 1.807) is 108 Å². The molecular formula is C77H77F5N18O15S6. The first kappa shape index (κ1) is 89.5. The van der Waals surface area contributed by atoms with Crippen LogP contribution in [0, 0.1) is 53.7 Å². The third-order valence-corrected chi connectivity index (χ3v) is 28.8. The lowest BCUT2D eigenvalue weighted by Crippen LogP contribution is -2.32. The van der Waals surface area contributed by atoms with E-state index in [1.807, 2.05) is 13.0 Å². The summed E-state index contributed by atoms with van der Waals surface area (Å²) in [7, 11) is -11.7. The summed E-state index contributed by atoms with van der Waals surface area (Å²) in [6.07, 6.45) is 7.22. The van der Waals surface area contributed by atoms with Crippen molar-refractivity contribution in [2.45, 2.75) is 106 Å². The zero-order valence-corrected chi connectivity index (χ0v) is 71.9. The van der Waals surface area contributed by atoms with Gasteiger partial charge >= 0.3 is 22.3 Å². The minimum Gasteiger partial charge on any atom is -0.711 e. The maximum absolute atomic E-state index is 13.6. The monoisotopic (exact) mass is 1780 g/mol. The number of pyridine rings is 9. The van der Waals surface area contributed by atoms with Gasteiger partial charge in [-0.3, -0.25) is 4.98 Å². The largest absolute Gasteiger partial charge is 0.711 e. The number of rotatable bonds is 16. The first-order valence-corrected chi connectivity index (χ1v) is 45.5. The molecule has 1 aromatic carbocycles. The zero-order valence-electron chi connectivity index (χ0n) is 67.0. The van der Waals surface area contributed by atoms with Crippen molar-refractivity contribution in [1.82, 2.24) is 63.1 Å². The van der Waals surface area contributed by atoms with Crippen molar-refractivity contribution < 1.29 is 87.7 Å². The first-order chi connectivity index (χ1) is 56.6. The molecule has 636 valence electrons. The molecule has 15 aromatic rings. The van der Waals surface area contributed by atoms with Crippen LogP contribution in [0.25, 0.3) is 112 Å². The second-order valence-corrected chi connectivity index (χ2v) is 39.7. The summed E-state index contributed by atoms with van der Waals surface area (Å²) in [5, 5.41) is 61.3. The Bertz CT molecular complexity index is 7220. The van der Waals surface area contributed by atoms with Crippen molar-refractivity contribution in [3.05, 3.63) is 212 Å². The second kappa shape index (κ2) is 34.1. The fraction of sp³-hybridized carbons (Fsp3) is 0.273. The summed E-state index contributed by atoms with van der Waals surface area (Å²) in [5.41, 5.74) is 5.76. The van der Waals surface area contributed by atoms with Crippen molar-refractivity contribution in [3.8, 4) is 56.8 Å². The molecule has 0 saturated carbocycles. The average molecular weight is 1780 g/mol.